The van der Waals surface area contributed by atoms with Crippen LogP contribution in [0.1, 0.15) is 53.6 Å². The molecule has 0 aromatic heterocycles. The number of halogens is 1. The average Bonchev–Trinajstić information content (AvgIpc) is 3.20. The van der Waals surface area contributed by atoms with Crippen molar-refractivity contribution in [3.8, 4) is 0 Å². The van der Waals surface area contributed by atoms with Crippen LogP contribution in [0.5, 0.6) is 0 Å². The predicted molar refractivity (Wildman–Crippen MR) is 110 cm³/mol. The first-order chi connectivity index (χ1) is 13.6. The summed E-state index contributed by atoms with van der Waals surface area (Å²) in [5, 5.41) is 3.75. The second-order valence-corrected chi connectivity index (χ2v) is 8.26. The zero-order valence-corrected chi connectivity index (χ0v) is 16.7. The highest BCUT2D eigenvalue weighted by Gasteiger charge is 2.45. The Morgan fingerprint density at radius 1 is 1.00 bits per heavy atom. The fraction of sp³-hybridized carbons (Fsp3) is 0.391. The lowest BCUT2D eigenvalue weighted by Crippen LogP contribution is -2.49. The van der Waals surface area contributed by atoms with Gasteiger partial charge in [0.2, 0.25) is 5.91 Å². The summed E-state index contributed by atoms with van der Waals surface area (Å²) < 4.78 is 0. The normalized spacial score (nSPS) is 17.8. The van der Waals surface area contributed by atoms with Crippen LogP contribution in [0.3, 0.4) is 0 Å². The van der Waals surface area contributed by atoms with Gasteiger partial charge >= 0.3 is 0 Å². The Morgan fingerprint density at radius 2 is 1.75 bits per heavy atom. The van der Waals surface area contributed by atoms with Crippen molar-refractivity contribution >= 4 is 23.4 Å². The summed E-state index contributed by atoms with van der Waals surface area (Å²) in [5.74, 6) is 0.123. The molecule has 2 fully saturated rings. The van der Waals surface area contributed by atoms with Gasteiger partial charge in [-0.3, -0.25) is 9.59 Å². The Labute approximate surface area is 170 Å². The summed E-state index contributed by atoms with van der Waals surface area (Å²) >= 11 is 6.14. The first-order valence-electron chi connectivity index (χ1n) is 10.0. The van der Waals surface area contributed by atoms with Crippen molar-refractivity contribution in [2.24, 2.45) is 0 Å². The molecule has 1 N–H and O–H groups in total. The van der Waals surface area contributed by atoms with Crippen LogP contribution in [-0.2, 0) is 16.8 Å². The maximum absolute atomic E-state index is 13.0. The number of nitrogens with zero attached hydrogens (tertiary/aromatic N) is 1. The van der Waals surface area contributed by atoms with Gasteiger partial charge in [-0.1, -0.05) is 42.3 Å². The van der Waals surface area contributed by atoms with Crippen LogP contribution >= 0.6 is 11.6 Å². The van der Waals surface area contributed by atoms with Gasteiger partial charge < -0.3 is 10.2 Å². The summed E-state index contributed by atoms with van der Waals surface area (Å²) in [7, 11) is 0. The third-order valence-electron chi connectivity index (χ3n) is 6.04. The molecule has 4 nitrogen and oxygen atoms in total. The molecule has 2 aromatic rings. The molecule has 4 rings (SSSR count). The predicted octanol–water partition coefficient (Wildman–Crippen LogP) is 4.31. The standard InChI is InChI=1S/C23H25ClN2O2/c24-20-9-4-8-19(15-20)23(10-5-11-23)22(28)25-16-17-6-3-7-18(14-17)21(27)26-12-1-2-13-26/h3-4,6-9,14-15H,1-2,5,10-13,16H2,(H,25,28). The van der Waals surface area contributed by atoms with Crippen molar-refractivity contribution < 1.29 is 9.59 Å². The molecule has 146 valence electrons. The van der Waals surface area contributed by atoms with E-state index >= 15 is 0 Å². The van der Waals surface area contributed by atoms with Crippen molar-refractivity contribution in [2.45, 2.75) is 44.1 Å². The Balaban J connectivity index is 1.44. The van der Waals surface area contributed by atoms with E-state index < -0.39 is 5.41 Å². The number of benzene rings is 2. The highest BCUT2D eigenvalue weighted by atomic mass is 35.5. The van der Waals surface area contributed by atoms with Crippen molar-refractivity contribution in [3.63, 3.8) is 0 Å². The van der Waals surface area contributed by atoms with Gasteiger partial charge in [-0.05, 0) is 61.1 Å². The maximum atomic E-state index is 13.0. The van der Waals surface area contributed by atoms with E-state index in [9.17, 15) is 9.59 Å². The van der Waals surface area contributed by atoms with Crippen molar-refractivity contribution in [1.29, 1.82) is 0 Å². The highest BCUT2D eigenvalue weighted by Crippen LogP contribution is 2.44. The van der Waals surface area contributed by atoms with Crippen LogP contribution in [0, 0.1) is 0 Å². The number of amides is 2. The molecule has 5 heteroatoms. The number of likely N-dealkylation sites (tertiary alicyclic amines) is 1. The molecule has 0 unspecified atom stereocenters. The van der Waals surface area contributed by atoms with E-state index in [4.69, 9.17) is 11.6 Å². The van der Waals surface area contributed by atoms with E-state index in [1.807, 2.05) is 53.4 Å². The molecule has 0 spiro atoms. The van der Waals surface area contributed by atoms with Gasteiger partial charge in [0.05, 0.1) is 5.41 Å². The molecule has 1 aliphatic carbocycles. The third-order valence-corrected chi connectivity index (χ3v) is 6.27. The summed E-state index contributed by atoms with van der Waals surface area (Å²) in [6.07, 6.45) is 4.87. The topological polar surface area (TPSA) is 49.4 Å². The number of hydrogen-bond acceptors (Lipinski definition) is 2. The van der Waals surface area contributed by atoms with E-state index in [2.05, 4.69) is 5.32 Å². The number of carbonyl (C=O) groups is 2. The number of hydrogen-bond donors (Lipinski definition) is 1. The SMILES string of the molecule is O=C(c1cccc(CNC(=O)C2(c3cccc(Cl)c3)CCC2)c1)N1CCCC1. The Hall–Kier alpha value is -2.33. The largest absolute Gasteiger partial charge is 0.351 e. The van der Waals surface area contributed by atoms with Crippen LogP contribution < -0.4 is 5.32 Å². The average molecular weight is 397 g/mol. The Bertz CT molecular complexity index is 886. The second kappa shape index (κ2) is 7.96. The maximum Gasteiger partial charge on any atom is 0.253 e. The Morgan fingerprint density at radius 3 is 2.43 bits per heavy atom. The van der Waals surface area contributed by atoms with E-state index in [-0.39, 0.29) is 11.8 Å². The minimum atomic E-state index is -0.478. The monoisotopic (exact) mass is 396 g/mol. The third kappa shape index (κ3) is 3.66. The molecule has 0 atom stereocenters. The van der Waals surface area contributed by atoms with Gasteiger partial charge in [0.15, 0.2) is 0 Å². The van der Waals surface area contributed by atoms with E-state index in [1.165, 1.54) is 0 Å². The van der Waals surface area contributed by atoms with Gasteiger partial charge in [0, 0.05) is 30.2 Å². The van der Waals surface area contributed by atoms with Gasteiger partial charge in [0.25, 0.3) is 5.91 Å². The van der Waals surface area contributed by atoms with Crippen LogP contribution in [0.4, 0.5) is 0 Å². The van der Waals surface area contributed by atoms with E-state index in [0.29, 0.717) is 17.1 Å². The molecule has 0 bridgehead atoms. The lowest BCUT2D eigenvalue weighted by molar-refractivity contribution is -0.130. The van der Waals surface area contributed by atoms with Gasteiger partial charge in [-0.2, -0.15) is 0 Å². The Kier molecular flexibility index (Phi) is 5.40. The zero-order chi connectivity index (χ0) is 19.6. The molecule has 2 amide bonds. The van der Waals surface area contributed by atoms with Crippen molar-refractivity contribution in [3.05, 3.63) is 70.2 Å². The van der Waals surface area contributed by atoms with Crippen molar-refractivity contribution in [2.75, 3.05) is 13.1 Å². The van der Waals surface area contributed by atoms with Crippen molar-refractivity contribution in [1.82, 2.24) is 10.2 Å². The first-order valence-corrected chi connectivity index (χ1v) is 10.4. The van der Waals surface area contributed by atoms with Crippen LogP contribution in [0.25, 0.3) is 0 Å². The molecule has 1 saturated carbocycles. The van der Waals surface area contributed by atoms with E-state index in [0.717, 1.165) is 56.3 Å². The summed E-state index contributed by atoms with van der Waals surface area (Å²) in [6, 6.07) is 15.2. The molecule has 28 heavy (non-hydrogen) atoms. The second-order valence-electron chi connectivity index (χ2n) is 7.83. The molecule has 2 aromatic carbocycles. The minimum absolute atomic E-state index is 0.0392. The zero-order valence-electron chi connectivity index (χ0n) is 15.9. The summed E-state index contributed by atoms with van der Waals surface area (Å²) in [4.78, 5) is 27.5. The molecular weight excluding hydrogens is 372 g/mol. The first kappa shape index (κ1) is 19.0. The number of nitrogens with one attached hydrogen (secondary N) is 1. The molecular formula is C23H25ClN2O2. The van der Waals surface area contributed by atoms with Gasteiger partial charge in [-0.25, -0.2) is 0 Å². The number of rotatable bonds is 5. The molecule has 1 saturated heterocycles. The summed E-state index contributed by atoms with van der Waals surface area (Å²) in [5.41, 5.74) is 2.15. The lowest BCUT2D eigenvalue weighted by Gasteiger charge is -2.40. The molecule has 0 radical (unpaired) electrons. The quantitative estimate of drug-likeness (QED) is 0.818. The number of carbonyl (C=O) groups excluding carboxylic acids is 2. The summed E-state index contributed by atoms with van der Waals surface area (Å²) in [6.45, 7) is 2.09. The molecule has 1 aliphatic heterocycles. The lowest BCUT2D eigenvalue weighted by atomic mass is 9.64. The minimum Gasteiger partial charge on any atom is -0.351 e. The highest BCUT2D eigenvalue weighted by molar-refractivity contribution is 6.30. The van der Waals surface area contributed by atoms with Crippen LogP contribution in [0.2, 0.25) is 5.02 Å². The van der Waals surface area contributed by atoms with Gasteiger partial charge in [0.1, 0.15) is 0 Å². The fourth-order valence-corrected chi connectivity index (χ4v) is 4.42. The van der Waals surface area contributed by atoms with Crippen LogP contribution in [0.15, 0.2) is 48.5 Å². The molecule has 1 heterocycles. The van der Waals surface area contributed by atoms with E-state index in [1.54, 1.807) is 0 Å². The van der Waals surface area contributed by atoms with Crippen LogP contribution in [-0.4, -0.2) is 29.8 Å². The molecule has 2 aliphatic rings. The van der Waals surface area contributed by atoms with Gasteiger partial charge in [-0.15, -0.1) is 0 Å². The smallest absolute Gasteiger partial charge is 0.253 e. The fourth-order valence-electron chi connectivity index (χ4n) is 4.23.